The number of hydrogen-bond acceptors (Lipinski definition) is 3. The molecule has 0 aliphatic heterocycles. The molecule has 38 heavy (non-hydrogen) atoms. The zero-order valence-electron chi connectivity index (χ0n) is 25.7. The molecule has 3 N–H and O–H groups in total. The minimum absolute atomic E-state index is 0.0711. The number of aliphatic hydroxyl groups excluding tert-OH is 2. The molecule has 4 heteroatoms. The summed E-state index contributed by atoms with van der Waals surface area (Å²) in [5.74, 6) is -0.0711. The quantitative estimate of drug-likeness (QED) is 0.0631. The highest BCUT2D eigenvalue weighted by atomic mass is 16.3. The van der Waals surface area contributed by atoms with Gasteiger partial charge in [0.1, 0.15) is 0 Å². The van der Waals surface area contributed by atoms with Crippen LogP contribution in [0.5, 0.6) is 0 Å². The zero-order chi connectivity index (χ0) is 27.9. The van der Waals surface area contributed by atoms with E-state index in [0.29, 0.717) is 6.42 Å². The normalized spacial score (nSPS) is 13.3. The lowest BCUT2D eigenvalue weighted by atomic mass is 10.0. The molecule has 0 aromatic carbocycles. The fourth-order valence-corrected chi connectivity index (χ4v) is 5.10. The van der Waals surface area contributed by atoms with Gasteiger partial charge in [-0.2, -0.15) is 0 Å². The molecule has 0 saturated heterocycles. The lowest BCUT2D eigenvalue weighted by Gasteiger charge is -2.19. The third-order valence-corrected chi connectivity index (χ3v) is 7.77. The highest BCUT2D eigenvalue weighted by molar-refractivity contribution is 5.76. The van der Waals surface area contributed by atoms with Gasteiger partial charge >= 0.3 is 0 Å². The summed E-state index contributed by atoms with van der Waals surface area (Å²) in [6.07, 6.45) is 36.3. The van der Waals surface area contributed by atoms with Gasteiger partial charge in [0.25, 0.3) is 0 Å². The Labute approximate surface area is 237 Å². The van der Waals surface area contributed by atoms with Gasteiger partial charge in [-0.15, -0.1) is 0 Å². The van der Waals surface area contributed by atoms with Gasteiger partial charge in [-0.3, -0.25) is 4.79 Å². The molecule has 0 fully saturated rings. The zero-order valence-corrected chi connectivity index (χ0v) is 25.7. The molecule has 0 aliphatic carbocycles. The molecule has 0 bridgehead atoms. The largest absolute Gasteiger partial charge is 0.394 e. The predicted molar refractivity (Wildman–Crippen MR) is 166 cm³/mol. The first-order valence-electron chi connectivity index (χ1n) is 16.9. The van der Waals surface area contributed by atoms with Crippen molar-refractivity contribution in [1.82, 2.24) is 5.32 Å². The Morgan fingerprint density at radius 2 is 0.974 bits per heavy atom. The molecule has 0 spiro atoms. The van der Waals surface area contributed by atoms with Crippen LogP contribution >= 0.6 is 0 Å². The Hall–Kier alpha value is -0.870. The van der Waals surface area contributed by atoms with Gasteiger partial charge in [-0.1, -0.05) is 174 Å². The topological polar surface area (TPSA) is 69.6 Å². The van der Waals surface area contributed by atoms with Crippen molar-refractivity contribution in [2.24, 2.45) is 0 Å². The van der Waals surface area contributed by atoms with E-state index in [0.717, 1.165) is 32.1 Å². The van der Waals surface area contributed by atoms with Crippen molar-refractivity contribution < 1.29 is 15.0 Å². The molecule has 0 radical (unpaired) electrons. The van der Waals surface area contributed by atoms with Crippen molar-refractivity contribution in [2.45, 2.75) is 193 Å². The van der Waals surface area contributed by atoms with E-state index in [9.17, 15) is 15.0 Å². The molecule has 0 aliphatic rings. The monoisotopic (exact) mass is 538 g/mol. The minimum Gasteiger partial charge on any atom is -0.394 e. The third-order valence-electron chi connectivity index (χ3n) is 7.77. The van der Waals surface area contributed by atoms with Gasteiger partial charge in [-0.05, 0) is 12.8 Å². The Morgan fingerprint density at radius 1 is 0.605 bits per heavy atom. The van der Waals surface area contributed by atoms with E-state index in [-0.39, 0.29) is 12.5 Å². The molecule has 4 nitrogen and oxygen atoms in total. The first kappa shape index (κ1) is 37.1. The van der Waals surface area contributed by atoms with E-state index in [2.05, 4.69) is 19.2 Å². The number of hydrogen-bond donors (Lipinski definition) is 3. The standard InChI is InChI=1S/C34H67NO3/c1-3-5-7-9-10-11-12-13-14-15-16-17-18-19-20-21-22-23-24-25-26-28-30-34(38)35-32(31-36)33(37)29-27-8-6-4-2/h27,29,32-33,36-37H,3-26,28,30-31H2,1-2H3,(H,35,38)/b29-27+. The molecule has 2 atom stereocenters. The summed E-state index contributed by atoms with van der Waals surface area (Å²) in [5, 5.41) is 22.4. The van der Waals surface area contributed by atoms with Crippen LogP contribution in [-0.4, -0.2) is 34.9 Å². The molecule has 0 heterocycles. The number of unbranched alkanes of at least 4 members (excludes halogenated alkanes) is 23. The van der Waals surface area contributed by atoms with Crippen molar-refractivity contribution in [3.63, 3.8) is 0 Å². The van der Waals surface area contributed by atoms with Crippen LogP contribution in [0.2, 0.25) is 0 Å². The molecular formula is C34H67NO3. The summed E-state index contributed by atoms with van der Waals surface area (Å²) in [4.78, 5) is 12.1. The SMILES string of the molecule is CCCC/C=C/C(O)C(CO)NC(=O)CCCCCCCCCCCCCCCCCCCCCCCC. The van der Waals surface area contributed by atoms with Crippen LogP contribution in [0.25, 0.3) is 0 Å². The number of nitrogens with one attached hydrogen (secondary N) is 1. The third kappa shape index (κ3) is 26.7. The van der Waals surface area contributed by atoms with Crippen molar-refractivity contribution >= 4 is 5.91 Å². The van der Waals surface area contributed by atoms with Crippen LogP contribution in [0.1, 0.15) is 181 Å². The lowest BCUT2D eigenvalue weighted by Crippen LogP contribution is -2.45. The van der Waals surface area contributed by atoms with E-state index < -0.39 is 12.1 Å². The van der Waals surface area contributed by atoms with Crippen molar-refractivity contribution in [2.75, 3.05) is 6.61 Å². The van der Waals surface area contributed by atoms with E-state index in [1.807, 2.05) is 6.08 Å². The smallest absolute Gasteiger partial charge is 0.220 e. The number of carbonyl (C=O) groups excluding carboxylic acids is 1. The van der Waals surface area contributed by atoms with Crippen LogP contribution in [0.4, 0.5) is 0 Å². The van der Waals surface area contributed by atoms with Crippen LogP contribution in [0.3, 0.4) is 0 Å². The predicted octanol–water partition coefficient (Wildman–Crippen LogP) is 9.56. The Bertz CT molecular complexity index is 508. The van der Waals surface area contributed by atoms with Crippen molar-refractivity contribution in [1.29, 1.82) is 0 Å². The summed E-state index contributed by atoms with van der Waals surface area (Å²) < 4.78 is 0. The fraction of sp³-hybridized carbons (Fsp3) is 0.912. The van der Waals surface area contributed by atoms with Gasteiger partial charge in [0.05, 0.1) is 18.8 Å². The average Bonchev–Trinajstić information content (AvgIpc) is 2.92. The highest BCUT2D eigenvalue weighted by Gasteiger charge is 2.17. The maximum absolute atomic E-state index is 12.1. The number of allylic oxidation sites excluding steroid dienone is 1. The highest BCUT2D eigenvalue weighted by Crippen LogP contribution is 2.15. The van der Waals surface area contributed by atoms with Gasteiger partial charge in [0.15, 0.2) is 0 Å². The molecular weight excluding hydrogens is 470 g/mol. The van der Waals surface area contributed by atoms with E-state index in [4.69, 9.17) is 0 Å². The van der Waals surface area contributed by atoms with E-state index in [1.54, 1.807) is 6.08 Å². The molecule has 1 amide bonds. The summed E-state index contributed by atoms with van der Waals surface area (Å²) in [7, 11) is 0. The molecule has 0 rings (SSSR count). The van der Waals surface area contributed by atoms with Gasteiger partial charge in [0, 0.05) is 6.42 Å². The second-order valence-electron chi connectivity index (χ2n) is 11.6. The van der Waals surface area contributed by atoms with E-state index >= 15 is 0 Å². The second-order valence-corrected chi connectivity index (χ2v) is 11.6. The maximum Gasteiger partial charge on any atom is 0.220 e. The van der Waals surface area contributed by atoms with Crippen LogP contribution in [0.15, 0.2) is 12.2 Å². The second kappa shape index (κ2) is 30.7. The lowest BCUT2D eigenvalue weighted by molar-refractivity contribution is -0.123. The Morgan fingerprint density at radius 3 is 1.34 bits per heavy atom. The molecule has 0 aromatic heterocycles. The maximum atomic E-state index is 12.1. The Kier molecular flexibility index (Phi) is 30.0. The van der Waals surface area contributed by atoms with Crippen LogP contribution in [-0.2, 0) is 4.79 Å². The minimum atomic E-state index is -0.828. The summed E-state index contributed by atoms with van der Waals surface area (Å²) >= 11 is 0. The fourth-order valence-electron chi connectivity index (χ4n) is 5.10. The van der Waals surface area contributed by atoms with Crippen molar-refractivity contribution in [3.05, 3.63) is 12.2 Å². The van der Waals surface area contributed by atoms with Gasteiger partial charge in [0.2, 0.25) is 5.91 Å². The molecule has 226 valence electrons. The van der Waals surface area contributed by atoms with Crippen molar-refractivity contribution in [3.8, 4) is 0 Å². The first-order chi connectivity index (χ1) is 18.7. The molecule has 0 aromatic rings. The summed E-state index contributed by atoms with van der Waals surface area (Å²) in [6.45, 7) is 4.17. The molecule has 2 unspecified atom stereocenters. The van der Waals surface area contributed by atoms with Crippen LogP contribution < -0.4 is 5.32 Å². The number of aliphatic hydroxyl groups is 2. The van der Waals surface area contributed by atoms with Gasteiger partial charge in [-0.25, -0.2) is 0 Å². The number of rotatable bonds is 30. The number of amides is 1. The average molecular weight is 538 g/mol. The van der Waals surface area contributed by atoms with E-state index in [1.165, 1.54) is 128 Å². The number of carbonyl (C=O) groups is 1. The Balaban J connectivity index is 3.38. The molecule has 0 saturated carbocycles. The first-order valence-corrected chi connectivity index (χ1v) is 16.9. The van der Waals surface area contributed by atoms with Crippen LogP contribution in [0, 0.1) is 0 Å². The van der Waals surface area contributed by atoms with Gasteiger partial charge < -0.3 is 15.5 Å². The summed E-state index contributed by atoms with van der Waals surface area (Å²) in [6, 6.07) is -0.611. The summed E-state index contributed by atoms with van der Waals surface area (Å²) in [5.41, 5.74) is 0.